The smallest absolute Gasteiger partial charge is 0.412 e. The lowest BCUT2D eigenvalue weighted by atomic mass is 10.1. The summed E-state index contributed by atoms with van der Waals surface area (Å²) in [4.78, 5) is 36.7. The zero-order valence-corrected chi connectivity index (χ0v) is 13.7. The van der Waals surface area contributed by atoms with Crippen LogP contribution in [0.2, 0.25) is 0 Å². The molecule has 1 aliphatic heterocycles. The summed E-state index contributed by atoms with van der Waals surface area (Å²) < 4.78 is 24.5. The zero-order valence-electron chi connectivity index (χ0n) is 13.7. The Morgan fingerprint density at radius 1 is 1.33 bits per heavy atom. The van der Waals surface area contributed by atoms with Crippen LogP contribution in [0.15, 0.2) is 46.1 Å². The third-order valence-electron chi connectivity index (χ3n) is 3.95. The van der Waals surface area contributed by atoms with Crippen LogP contribution in [-0.2, 0) is 9.47 Å². The molecule has 0 radical (unpaired) electrons. The summed E-state index contributed by atoms with van der Waals surface area (Å²) in [6.45, 7) is -0.641. The highest BCUT2D eigenvalue weighted by molar-refractivity contribution is 5.84. The van der Waals surface area contributed by atoms with E-state index in [1.54, 1.807) is 35.3 Å². The normalized spacial score (nSPS) is 24.6. The van der Waals surface area contributed by atoms with Crippen LogP contribution >= 0.6 is 0 Å². The van der Waals surface area contributed by atoms with Gasteiger partial charge in [-0.05, 0) is 12.1 Å². The predicted molar refractivity (Wildman–Crippen MR) is 88.6 cm³/mol. The molecule has 1 saturated heterocycles. The highest BCUT2D eigenvalue weighted by Crippen LogP contribution is 2.30. The quantitative estimate of drug-likeness (QED) is 0.561. The predicted octanol–water partition coefficient (Wildman–Crippen LogP) is -0.456. The Kier molecular flexibility index (Phi) is 5.35. The second kappa shape index (κ2) is 7.70. The van der Waals surface area contributed by atoms with Gasteiger partial charge in [0.1, 0.15) is 12.2 Å². The van der Waals surface area contributed by atoms with Gasteiger partial charge in [-0.25, -0.2) is 9.59 Å². The highest BCUT2D eigenvalue weighted by Gasteiger charge is 2.47. The molecule has 1 fully saturated rings. The number of anilines is 1. The average Bonchev–Trinajstić information content (AvgIpc) is 2.95. The van der Waals surface area contributed by atoms with Crippen molar-refractivity contribution in [2.75, 3.05) is 11.9 Å². The molecule has 0 aliphatic carbocycles. The summed E-state index contributed by atoms with van der Waals surface area (Å²) in [6, 6.07) is 8.34. The molecule has 1 amide bonds. The van der Waals surface area contributed by atoms with E-state index in [2.05, 4.69) is 5.32 Å². The first-order valence-electron chi connectivity index (χ1n) is 7.88. The Labute approximate surface area is 150 Å². The number of amides is 1. The van der Waals surface area contributed by atoms with Gasteiger partial charge in [0.2, 0.25) is 5.82 Å². The van der Waals surface area contributed by atoms with E-state index in [9.17, 15) is 29.0 Å². The van der Waals surface area contributed by atoms with Crippen LogP contribution in [0.5, 0.6) is 0 Å². The molecule has 27 heavy (non-hydrogen) atoms. The molecule has 4 atom stereocenters. The van der Waals surface area contributed by atoms with Crippen LogP contribution < -0.4 is 16.6 Å². The van der Waals surface area contributed by atoms with Gasteiger partial charge in [-0.2, -0.15) is 4.39 Å². The third kappa shape index (κ3) is 3.89. The molecule has 2 heterocycles. The molecule has 144 valence electrons. The van der Waals surface area contributed by atoms with Crippen molar-refractivity contribution in [3.05, 3.63) is 63.2 Å². The minimum Gasteiger partial charge on any atom is -0.440 e. The SMILES string of the molecule is O=C(Nc1ccccc1)O[C@H]1[C@@H](O)[C@H](n2cc(F)c(=O)[nH]c2=O)O[C@@H]1CO. The summed E-state index contributed by atoms with van der Waals surface area (Å²) in [5.41, 5.74) is -1.82. The number of carbonyl (C=O) groups excluding carboxylic acids is 1. The summed E-state index contributed by atoms with van der Waals surface area (Å²) in [6.07, 6.45) is -5.95. The van der Waals surface area contributed by atoms with E-state index in [0.717, 1.165) is 0 Å². The number of nitrogens with one attached hydrogen (secondary N) is 2. The van der Waals surface area contributed by atoms with E-state index in [1.807, 2.05) is 0 Å². The van der Waals surface area contributed by atoms with Gasteiger partial charge in [0.15, 0.2) is 12.3 Å². The van der Waals surface area contributed by atoms with Crippen molar-refractivity contribution >= 4 is 11.8 Å². The molecule has 11 heteroatoms. The molecule has 10 nitrogen and oxygen atoms in total. The number of rotatable bonds is 4. The number of aromatic nitrogens is 2. The number of halogens is 1. The maximum absolute atomic E-state index is 13.5. The molecule has 1 aliphatic rings. The summed E-state index contributed by atoms with van der Waals surface area (Å²) >= 11 is 0. The van der Waals surface area contributed by atoms with Crippen LogP contribution in [0.25, 0.3) is 0 Å². The Bertz CT molecular complexity index is 930. The van der Waals surface area contributed by atoms with Crippen molar-refractivity contribution in [2.45, 2.75) is 24.5 Å². The third-order valence-corrected chi connectivity index (χ3v) is 3.95. The summed E-state index contributed by atoms with van der Waals surface area (Å²) in [5, 5.41) is 22.2. The van der Waals surface area contributed by atoms with Gasteiger partial charge < -0.3 is 19.7 Å². The van der Waals surface area contributed by atoms with Crippen LogP contribution in [-0.4, -0.2) is 50.8 Å². The van der Waals surface area contributed by atoms with Gasteiger partial charge in [0.25, 0.3) is 5.56 Å². The molecule has 0 spiro atoms. The van der Waals surface area contributed by atoms with E-state index in [4.69, 9.17) is 9.47 Å². The number of para-hydroxylation sites is 1. The number of aliphatic hydroxyl groups is 2. The molecule has 4 N–H and O–H groups in total. The lowest BCUT2D eigenvalue weighted by Crippen LogP contribution is -2.41. The second-order valence-corrected chi connectivity index (χ2v) is 5.74. The van der Waals surface area contributed by atoms with Gasteiger partial charge in [-0.15, -0.1) is 0 Å². The molecular weight excluding hydrogens is 365 g/mol. The van der Waals surface area contributed by atoms with E-state index in [1.165, 1.54) is 0 Å². The summed E-state index contributed by atoms with van der Waals surface area (Å²) in [5.74, 6) is -1.27. The number of hydrogen-bond acceptors (Lipinski definition) is 7. The number of ether oxygens (including phenoxy) is 2. The number of H-pyrrole nitrogens is 1. The minimum absolute atomic E-state index is 0.437. The van der Waals surface area contributed by atoms with E-state index < -0.39 is 54.3 Å². The first-order valence-corrected chi connectivity index (χ1v) is 7.88. The van der Waals surface area contributed by atoms with Crippen molar-refractivity contribution in [3.8, 4) is 0 Å². The van der Waals surface area contributed by atoms with Crippen LogP contribution in [0.4, 0.5) is 14.9 Å². The molecular formula is C16H16FN3O7. The average molecular weight is 381 g/mol. The van der Waals surface area contributed by atoms with Crippen LogP contribution in [0, 0.1) is 5.82 Å². The van der Waals surface area contributed by atoms with E-state index >= 15 is 0 Å². The molecule has 0 saturated carbocycles. The zero-order chi connectivity index (χ0) is 19.6. The Hall–Kier alpha value is -3.02. The van der Waals surface area contributed by atoms with Gasteiger partial charge in [-0.1, -0.05) is 18.2 Å². The van der Waals surface area contributed by atoms with E-state index in [0.29, 0.717) is 16.5 Å². The van der Waals surface area contributed by atoms with Crippen molar-refractivity contribution in [3.63, 3.8) is 0 Å². The number of aliphatic hydroxyl groups excluding tert-OH is 2. The molecule has 3 rings (SSSR count). The largest absolute Gasteiger partial charge is 0.440 e. The minimum atomic E-state index is -1.60. The van der Waals surface area contributed by atoms with Gasteiger partial charge >= 0.3 is 11.8 Å². The monoisotopic (exact) mass is 381 g/mol. The lowest BCUT2D eigenvalue weighted by molar-refractivity contribution is -0.0556. The van der Waals surface area contributed by atoms with Crippen LogP contribution in [0.3, 0.4) is 0 Å². The summed E-state index contributed by atoms with van der Waals surface area (Å²) in [7, 11) is 0. The maximum Gasteiger partial charge on any atom is 0.412 e. The maximum atomic E-state index is 13.5. The first-order chi connectivity index (χ1) is 12.9. The Balaban J connectivity index is 1.78. The molecule has 2 aromatic rings. The van der Waals surface area contributed by atoms with Crippen molar-refractivity contribution < 1.29 is 28.9 Å². The fourth-order valence-electron chi connectivity index (χ4n) is 2.68. The number of nitrogens with zero attached hydrogens (tertiary/aromatic N) is 1. The molecule has 0 bridgehead atoms. The van der Waals surface area contributed by atoms with Crippen molar-refractivity contribution in [1.29, 1.82) is 0 Å². The molecule has 0 unspecified atom stereocenters. The Morgan fingerprint density at radius 3 is 2.70 bits per heavy atom. The highest BCUT2D eigenvalue weighted by atomic mass is 19.1. The fourth-order valence-corrected chi connectivity index (χ4v) is 2.68. The fraction of sp³-hybridized carbons (Fsp3) is 0.312. The number of hydrogen-bond donors (Lipinski definition) is 4. The van der Waals surface area contributed by atoms with Gasteiger partial charge in [0, 0.05) is 5.69 Å². The standard InChI is InChI=1S/C16H16FN3O7/c17-9-6-20(15(24)19-13(9)23)14-11(22)12(10(7-21)26-14)27-16(25)18-8-4-2-1-3-5-8/h1-6,10-12,14,21-22H,7H2,(H,18,25)(H,19,23,24)/t10-,11-,12-,14-/m1/s1. The number of carbonyl (C=O) groups is 1. The molecule has 1 aromatic carbocycles. The van der Waals surface area contributed by atoms with Crippen LogP contribution in [0.1, 0.15) is 6.23 Å². The van der Waals surface area contributed by atoms with Gasteiger partial charge in [0.05, 0.1) is 12.8 Å². The molecule has 1 aromatic heterocycles. The number of benzene rings is 1. The van der Waals surface area contributed by atoms with Gasteiger partial charge in [-0.3, -0.25) is 19.7 Å². The second-order valence-electron chi connectivity index (χ2n) is 5.74. The van der Waals surface area contributed by atoms with Crippen molar-refractivity contribution in [2.24, 2.45) is 0 Å². The first kappa shape index (κ1) is 18.8. The topological polar surface area (TPSA) is 143 Å². The number of aromatic amines is 1. The lowest BCUT2D eigenvalue weighted by Gasteiger charge is -2.20. The Morgan fingerprint density at radius 2 is 2.04 bits per heavy atom. The van der Waals surface area contributed by atoms with Crippen molar-refractivity contribution in [1.82, 2.24) is 9.55 Å². The van der Waals surface area contributed by atoms with E-state index in [-0.39, 0.29) is 0 Å².